The van der Waals surface area contributed by atoms with E-state index in [1.165, 1.54) is 38.5 Å². The fourth-order valence-corrected chi connectivity index (χ4v) is 1.82. The van der Waals surface area contributed by atoms with Crippen LogP contribution in [0.2, 0.25) is 0 Å². The molecule has 0 amide bonds. The standard InChI is InChI=1S/2C9H18O2/c1-3-4-5-6-7-8(2)9(10)11;1-3-5-6-7-8-11-9(10)4-2/h8H,3-7H2,1-2H3,(H,10,11);3-8H2,1-2H3. The van der Waals surface area contributed by atoms with Gasteiger partial charge in [-0.05, 0) is 12.8 Å². The SMILES string of the molecule is CCCCCCC(C)C(=O)O.CCCCCCOC(=O)CC. The normalized spacial score (nSPS) is 11.3. The number of carboxylic acid groups (broad SMARTS) is 1. The second-order valence-electron chi connectivity index (χ2n) is 5.72. The molecule has 0 aromatic carbocycles. The van der Waals surface area contributed by atoms with Crippen LogP contribution in [0, 0.1) is 5.92 Å². The van der Waals surface area contributed by atoms with E-state index in [4.69, 9.17) is 9.84 Å². The van der Waals surface area contributed by atoms with Gasteiger partial charge in [0, 0.05) is 6.42 Å². The summed E-state index contributed by atoms with van der Waals surface area (Å²) in [6.07, 6.45) is 10.6. The van der Waals surface area contributed by atoms with E-state index in [1.807, 2.05) is 6.92 Å². The molecule has 0 heterocycles. The van der Waals surface area contributed by atoms with Gasteiger partial charge in [0.05, 0.1) is 12.5 Å². The molecule has 0 saturated carbocycles. The predicted molar refractivity (Wildman–Crippen MR) is 91.0 cm³/mol. The smallest absolute Gasteiger partial charge is 0.306 e. The highest BCUT2D eigenvalue weighted by atomic mass is 16.5. The van der Waals surface area contributed by atoms with Crippen molar-refractivity contribution in [3.63, 3.8) is 0 Å². The Kier molecular flexibility index (Phi) is 19.0. The van der Waals surface area contributed by atoms with Crippen LogP contribution in [-0.4, -0.2) is 23.7 Å². The number of unbranched alkanes of at least 4 members (excludes halogenated alkanes) is 6. The number of hydrogen-bond acceptors (Lipinski definition) is 3. The first-order valence-corrected chi connectivity index (χ1v) is 8.87. The van der Waals surface area contributed by atoms with Gasteiger partial charge < -0.3 is 9.84 Å². The van der Waals surface area contributed by atoms with E-state index in [0.29, 0.717) is 13.0 Å². The van der Waals surface area contributed by atoms with Crippen molar-refractivity contribution < 1.29 is 19.4 Å². The fraction of sp³-hybridized carbons (Fsp3) is 0.889. The van der Waals surface area contributed by atoms with Gasteiger partial charge in [-0.2, -0.15) is 0 Å². The van der Waals surface area contributed by atoms with Crippen LogP contribution in [0.25, 0.3) is 0 Å². The van der Waals surface area contributed by atoms with Crippen molar-refractivity contribution in [2.24, 2.45) is 5.92 Å². The molecule has 0 bridgehead atoms. The Labute approximate surface area is 136 Å². The van der Waals surface area contributed by atoms with E-state index in [2.05, 4.69) is 13.8 Å². The van der Waals surface area contributed by atoms with Crippen LogP contribution in [0.3, 0.4) is 0 Å². The summed E-state index contributed by atoms with van der Waals surface area (Å²) in [7, 11) is 0. The minimum atomic E-state index is -0.665. The molecular weight excluding hydrogens is 280 g/mol. The Hall–Kier alpha value is -1.06. The summed E-state index contributed by atoms with van der Waals surface area (Å²) in [5, 5.41) is 8.54. The van der Waals surface area contributed by atoms with Gasteiger partial charge in [0.1, 0.15) is 0 Å². The highest BCUT2D eigenvalue weighted by Gasteiger charge is 2.08. The maximum absolute atomic E-state index is 10.6. The molecule has 0 aliphatic heterocycles. The van der Waals surface area contributed by atoms with Gasteiger partial charge in [-0.3, -0.25) is 9.59 Å². The Balaban J connectivity index is 0. The van der Waals surface area contributed by atoms with Crippen molar-refractivity contribution >= 4 is 11.9 Å². The lowest BCUT2D eigenvalue weighted by Gasteiger charge is -2.04. The fourth-order valence-electron chi connectivity index (χ4n) is 1.82. The molecule has 0 aliphatic carbocycles. The number of aliphatic carboxylic acids is 1. The zero-order chi connectivity index (χ0) is 17.2. The zero-order valence-corrected chi connectivity index (χ0v) is 15.0. The van der Waals surface area contributed by atoms with Crippen molar-refractivity contribution in [3.8, 4) is 0 Å². The Morgan fingerprint density at radius 3 is 1.91 bits per heavy atom. The zero-order valence-electron chi connectivity index (χ0n) is 15.0. The molecule has 0 rings (SSSR count). The monoisotopic (exact) mass is 316 g/mol. The first-order chi connectivity index (χ1) is 10.5. The molecule has 1 N–H and O–H groups in total. The highest BCUT2D eigenvalue weighted by Crippen LogP contribution is 2.09. The Morgan fingerprint density at radius 2 is 1.45 bits per heavy atom. The van der Waals surface area contributed by atoms with Crippen LogP contribution < -0.4 is 0 Å². The number of carbonyl (C=O) groups is 2. The van der Waals surface area contributed by atoms with Crippen LogP contribution in [0.4, 0.5) is 0 Å². The lowest BCUT2D eigenvalue weighted by molar-refractivity contribution is -0.143. The van der Waals surface area contributed by atoms with Gasteiger partial charge in [0.25, 0.3) is 0 Å². The molecule has 1 unspecified atom stereocenters. The molecular formula is C18H36O4. The molecule has 0 aromatic heterocycles. The summed E-state index contributed by atoms with van der Waals surface area (Å²) < 4.78 is 4.90. The predicted octanol–water partition coefficient (Wildman–Crippen LogP) is 5.20. The van der Waals surface area contributed by atoms with Crippen LogP contribution in [-0.2, 0) is 14.3 Å². The number of rotatable bonds is 12. The molecule has 0 spiro atoms. The van der Waals surface area contributed by atoms with E-state index in [9.17, 15) is 9.59 Å². The van der Waals surface area contributed by atoms with E-state index in [-0.39, 0.29) is 11.9 Å². The third kappa shape index (κ3) is 18.9. The number of ether oxygens (including phenoxy) is 1. The molecule has 0 saturated heterocycles. The van der Waals surface area contributed by atoms with Crippen molar-refractivity contribution in [1.82, 2.24) is 0 Å². The van der Waals surface area contributed by atoms with E-state index in [1.54, 1.807) is 6.92 Å². The highest BCUT2D eigenvalue weighted by molar-refractivity contribution is 5.69. The maximum atomic E-state index is 10.6. The molecule has 132 valence electrons. The first-order valence-electron chi connectivity index (χ1n) is 8.87. The summed E-state index contributed by atoms with van der Waals surface area (Å²) in [5.41, 5.74) is 0. The first kappa shape index (κ1) is 23.2. The van der Waals surface area contributed by atoms with E-state index >= 15 is 0 Å². The van der Waals surface area contributed by atoms with Crippen molar-refractivity contribution in [2.45, 2.75) is 91.9 Å². The summed E-state index contributed by atoms with van der Waals surface area (Å²) in [5.74, 6) is -0.908. The molecule has 4 nitrogen and oxygen atoms in total. The molecule has 22 heavy (non-hydrogen) atoms. The van der Waals surface area contributed by atoms with Crippen LogP contribution >= 0.6 is 0 Å². The number of hydrogen-bond donors (Lipinski definition) is 1. The Bertz CT molecular complexity index is 262. The number of esters is 1. The van der Waals surface area contributed by atoms with E-state index in [0.717, 1.165) is 19.3 Å². The van der Waals surface area contributed by atoms with Crippen molar-refractivity contribution in [3.05, 3.63) is 0 Å². The minimum Gasteiger partial charge on any atom is -0.481 e. The summed E-state index contributed by atoms with van der Waals surface area (Å²) >= 11 is 0. The third-order valence-electron chi connectivity index (χ3n) is 3.46. The van der Waals surface area contributed by atoms with Crippen LogP contribution in [0.15, 0.2) is 0 Å². The molecule has 0 radical (unpaired) electrons. The van der Waals surface area contributed by atoms with Crippen molar-refractivity contribution in [1.29, 1.82) is 0 Å². The van der Waals surface area contributed by atoms with Gasteiger partial charge in [-0.15, -0.1) is 0 Å². The quantitative estimate of drug-likeness (QED) is 0.397. The van der Waals surface area contributed by atoms with Gasteiger partial charge >= 0.3 is 11.9 Å². The Morgan fingerprint density at radius 1 is 0.909 bits per heavy atom. The average molecular weight is 316 g/mol. The van der Waals surface area contributed by atoms with Gasteiger partial charge in [-0.25, -0.2) is 0 Å². The van der Waals surface area contributed by atoms with Crippen LogP contribution in [0.5, 0.6) is 0 Å². The summed E-state index contributed by atoms with van der Waals surface area (Å²) in [4.78, 5) is 21.0. The summed E-state index contributed by atoms with van der Waals surface area (Å²) in [6, 6.07) is 0. The number of carbonyl (C=O) groups excluding carboxylic acids is 1. The largest absolute Gasteiger partial charge is 0.481 e. The van der Waals surface area contributed by atoms with Gasteiger partial charge in [0.15, 0.2) is 0 Å². The van der Waals surface area contributed by atoms with E-state index < -0.39 is 5.97 Å². The third-order valence-corrected chi connectivity index (χ3v) is 3.46. The molecule has 1 atom stereocenters. The lowest BCUT2D eigenvalue weighted by atomic mass is 10.0. The molecule has 0 aromatic rings. The van der Waals surface area contributed by atoms with Crippen LogP contribution in [0.1, 0.15) is 91.9 Å². The van der Waals surface area contributed by atoms with Gasteiger partial charge in [-0.1, -0.05) is 72.6 Å². The molecule has 0 fully saturated rings. The number of carboxylic acids is 1. The maximum Gasteiger partial charge on any atom is 0.306 e. The van der Waals surface area contributed by atoms with Gasteiger partial charge in [0.2, 0.25) is 0 Å². The lowest BCUT2D eigenvalue weighted by Crippen LogP contribution is -2.08. The molecule has 0 aliphatic rings. The topological polar surface area (TPSA) is 63.6 Å². The van der Waals surface area contributed by atoms with Crippen molar-refractivity contribution in [2.75, 3.05) is 6.61 Å². The molecule has 4 heteroatoms. The second-order valence-corrected chi connectivity index (χ2v) is 5.72. The summed E-state index contributed by atoms with van der Waals surface area (Å²) in [6.45, 7) is 8.51. The second kappa shape index (κ2) is 18.0. The average Bonchev–Trinajstić information content (AvgIpc) is 2.51. The minimum absolute atomic E-state index is 0.0819.